The van der Waals surface area contributed by atoms with Crippen molar-refractivity contribution in [2.24, 2.45) is 0 Å². The molecular weight excluding hydrogens is 484 g/mol. The molecule has 4 aromatic rings. The summed E-state index contributed by atoms with van der Waals surface area (Å²) in [4.78, 5) is 13.1. The molecule has 1 aliphatic carbocycles. The van der Waals surface area contributed by atoms with Crippen molar-refractivity contribution in [3.63, 3.8) is 0 Å². The molecule has 7 heteroatoms. The molecule has 0 bridgehead atoms. The first kappa shape index (κ1) is 25.1. The van der Waals surface area contributed by atoms with Gasteiger partial charge < -0.3 is 14.6 Å². The van der Waals surface area contributed by atoms with Gasteiger partial charge in [-0.25, -0.2) is 8.42 Å². The summed E-state index contributed by atoms with van der Waals surface area (Å²) in [7, 11) is -3.23. The van der Waals surface area contributed by atoms with E-state index in [1.54, 1.807) is 31.2 Å². The first-order chi connectivity index (χ1) is 17.9. The van der Waals surface area contributed by atoms with Crippen LogP contribution in [-0.4, -0.2) is 30.7 Å². The Hall–Kier alpha value is -3.58. The third kappa shape index (κ3) is 5.88. The molecule has 1 N–H and O–H groups in total. The maximum Gasteiger partial charge on any atom is 0.251 e. The van der Waals surface area contributed by atoms with E-state index in [0.29, 0.717) is 23.1 Å². The number of hydrogen-bond acceptors (Lipinski definition) is 4. The molecule has 6 nitrogen and oxygen atoms in total. The molecule has 192 valence electrons. The monoisotopic (exact) mass is 516 g/mol. The first-order valence-electron chi connectivity index (χ1n) is 12.9. The van der Waals surface area contributed by atoms with Gasteiger partial charge in [0.2, 0.25) is 0 Å². The highest BCUT2D eigenvalue weighted by Crippen LogP contribution is 2.25. The van der Waals surface area contributed by atoms with Gasteiger partial charge in [-0.3, -0.25) is 4.79 Å². The molecular formula is C30H32N2O4S. The normalized spacial score (nSPS) is 14.2. The number of ether oxygens (including phenoxy) is 1. The van der Waals surface area contributed by atoms with Crippen LogP contribution in [0.25, 0.3) is 10.9 Å². The Kier molecular flexibility index (Phi) is 7.33. The zero-order valence-electron chi connectivity index (χ0n) is 21.0. The van der Waals surface area contributed by atoms with Crippen molar-refractivity contribution >= 4 is 26.6 Å². The SMILES string of the molecule is CCS(=O)(=O)c1ccc(CNC(=O)c2ccc3c(ccn3Cc3ccc(OC4CCCC4)cc3)c2)cc1. The Balaban J connectivity index is 1.20. The van der Waals surface area contributed by atoms with Crippen LogP contribution in [0.15, 0.2) is 83.9 Å². The Bertz CT molecular complexity index is 1480. The predicted octanol–water partition coefficient (Wildman–Crippen LogP) is 5.73. The first-order valence-corrected chi connectivity index (χ1v) is 14.5. The molecule has 1 aliphatic rings. The zero-order valence-corrected chi connectivity index (χ0v) is 21.8. The molecule has 5 rings (SSSR count). The van der Waals surface area contributed by atoms with Crippen LogP contribution in [0.5, 0.6) is 5.75 Å². The molecule has 0 saturated heterocycles. The number of fused-ring (bicyclic) bond motifs is 1. The van der Waals surface area contributed by atoms with Gasteiger partial charge in [0.15, 0.2) is 9.84 Å². The van der Waals surface area contributed by atoms with Gasteiger partial charge in [-0.1, -0.05) is 31.2 Å². The van der Waals surface area contributed by atoms with Gasteiger partial charge in [0, 0.05) is 35.8 Å². The summed E-state index contributed by atoms with van der Waals surface area (Å²) in [5, 5.41) is 3.93. The minimum absolute atomic E-state index is 0.0644. The second-order valence-corrected chi connectivity index (χ2v) is 11.9. The zero-order chi connectivity index (χ0) is 25.8. The highest BCUT2D eigenvalue weighted by molar-refractivity contribution is 7.91. The molecule has 1 aromatic heterocycles. The summed E-state index contributed by atoms with van der Waals surface area (Å²) in [5.41, 5.74) is 3.69. The van der Waals surface area contributed by atoms with Gasteiger partial charge in [-0.2, -0.15) is 0 Å². The topological polar surface area (TPSA) is 77.4 Å². The van der Waals surface area contributed by atoms with Crippen LogP contribution in [0.4, 0.5) is 0 Å². The van der Waals surface area contributed by atoms with Crippen molar-refractivity contribution in [1.29, 1.82) is 0 Å². The van der Waals surface area contributed by atoms with Crippen molar-refractivity contribution in [3.05, 3.63) is 95.7 Å². The number of hydrogen-bond donors (Lipinski definition) is 1. The van der Waals surface area contributed by atoms with Crippen LogP contribution in [0, 0.1) is 0 Å². The van der Waals surface area contributed by atoms with Gasteiger partial charge in [-0.05, 0) is 85.3 Å². The molecule has 1 saturated carbocycles. The lowest BCUT2D eigenvalue weighted by Gasteiger charge is -2.13. The van der Waals surface area contributed by atoms with Crippen molar-refractivity contribution in [1.82, 2.24) is 9.88 Å². The third-order valence-corrected chi connectivity index (χ3v) is 8.78. The van der Waals surface area contributed by atoms with Gasteiger partial charge in [0.05, 0.1) is 16.8 Å². The summed E-state index contributed by atoms with van der Waals surface area (Å²) in [5.74, 6) is 0.831. The largest absolute Gasteiger partial charge is 0.490 e. The Morgan fingerprint density at radius 3 is 2.35 bits per heavy atom. The van der Waals surface area contributed by atoms with Gasteiger partial charge in [0.25, 0.3) is 5.91 Å². The minimum atomic E-state index is -3.23. The van der Waals surface area contributed by atoms with Crippen LogP contribution in [0.3, 0.4) is 0 Å². The fraction of sp³-hybridized carbons (Fsp3) is 0.300. The van der Waals surface area contributed by atoms with E-state index >= 15 is 0 Å². The molecule has 0 atom stereocenters. The van der Waals surface area contributed by atoms with Crippen molar-refractivity contribution in [3.8, 4) is 5.75 Å². The molecule has 0 spiro atoms. The number of nitrogens with zero attached hydrogens (tertiary/aromatic N) is 1. The number of sulfone groups is 1. The van der Waals surface area contributed by atoms with E-state index in [-0.39, 0.29) is 11.7 Å². The average Bonchev–Trinajstić information content (AvgIpc) is 3.58. The number of aromatic nitrogens is 1. The number of amides is 1. The van der Waals surface area contributed by atoms with Crippen LogP contribution in [-0.2, 0) is 22.9 Å². The number of benzene rings is 3. The number of nitrogens with one attached hydrogen (secondary N) is 1. The van der Waals surface area contributed by atoms with Crippen molar-refractivity contribution in [2.75, 3.05) is 5.75 Å². The van der Waals surface area contributed by atoms with Gasteiger partial charge >= 0.3 is 0 Å². The minimum Gasteiger partial charge on any atom is -0.490 e. The summed E-state index contributed by atoms with van der Waals surface area (Å²) < 4.78 is 32.2. The standard InChI is InChI=1S/C30H32N2O4S/c1-2-37(34,35)28-14-9-22(10-15-28)20-31-30(33)25-11-16-29-24(19-25)17-18-32(29)21-23-7-12-27(13-8-23)36-26-5-3-4-6-26/h7-19,26H,2-6,20-21H2,1H3,(H,31,33). The maximum atomic E-state index is 12.8. The second kappa shape index (κ2) is 10.8. The number of rotatable bonds is 9. The molecule has 0 unspecified atom stereocenters. The molecule has 3 aromatic carbocycles. The Morgan fingerprint density at radius 2 is 1.65 bits per heavy atom. The molecule has 0 aliphatic heterocycles. The summed E-state index contributed by atoms with van der Waals surface area (Å²) in [6, 6.07) is 22.7. The second-order valence-electron chi connectivity index (χ2n) is 9.62. The van der Waals surface area contributed by atoms with E-state index in [0.717, 1.165) is 41.6 Å². The van der Waals surface area contributed by atoms with E-state index < -0.39 is 9.84 Å². The van der Waals surface area contributed by atoms with Crippen LogP contribution < -0.4 is 10.1 Å². The molecule has 1 heterocycles. The molecule has 1 fully saturated rings. The van der Waals surface area contributed by atoms with Gasteiger partial charge in [0.1, 0.15) is 5.75 Å². The molecule has 1 amide bonds. The predicted molar refractivity (Wildman–Crippen MR) is 146 cm³/mol. The average molecular weight is 517 g/mol. The van der Waals surface area contributed by atoms with Crippen LogP contribution in [0.1, 0.15) is 54.1 Å². The van der Waals surface area contributed by atoms with E-state index in [1.165, 1.54) is 18.4 Å². The fourth-order valence-corrected chi connectivity index (χ4v) is 5.70. The lowest BCUT2D eigenvalue weighted by molar-refractivity contribution is 0.0951. The third-order valence-electron chi connectivity index (χ3n) is 7.03. The summed E-state index contributed by atoms with van der Waals surface area (Å²) in [6.07, 6.45) is 7.21. The lowest BCUT2D eigenvalue weighted by atomic mass is 10.1. The number of carbonyl (C=O) groups is 1. The van der Waals surface area contributed by atoms with E-state index in [9.17, 15) is 13.2 Å². The van der Waals surface area contributed by atoms with E-state index in [2.05, 4.69) is 34.1 Å². The lowest BCUT2D eigenvalue weighted by Crippen LogP contribution is -2.22. The quantitative estimate of drug-likeness (QED) is 0.308. The highest BCUT2D eigenvalue weighted by Gasteiger charge is 2.16. The molecule has 37 heavy (non-hydrogen) atoms. The van der Waals surface area contributed by atoms with Crippen molar-refractivity contribution in [2.45, 2.75) is 56.7 Å². The summed E-state index contributed by atoms with van der Waals surface area (Å²) in [6.45, 7) is 2.69. The van der Waals surface area contributed by atoms with Crippen LogP contribution >= 0.6 is 0 Å². The van der Waals surface area contributed by atoms with E-state index in [1.807, 2.05) is 30.5 Å². The Morgan fingerprint density at radius 1 is 0.946 bits per heavy atom. The Labute approximate surface area is 218 Å². The van der Waals surface area contributed by atoms with Gasteiger partial charge in [-0.15, -0.1) is 0 Å². The van der Waals surface area contributed by atoms with E-state index in [4.69, 9.17) is 4.74 Å². The number of carbonyl (C=O) groups excluding carboxylic acids is 1. The summed E-state index contributed by atoms with van der Waals surface area (Å²) >= 11 is 0. The smallest absolute Gasteiger partial charge is 0.251 e. The highest BCUT2D eigenvalue weighted by atomic mass is 32.2. The fourth-order valence-electron chi connectivity index (χ4n) is 4.81. The van der Waals surface area contributed by atoms with Crippen LogP contribution in [0.2, 0.25) is 0 Å². The van der Waals surface area contributed by atoms with Crippen molar-refractivity contribution < 1.29 is 17.9 Å². The molecule has 0 radical (unpaired) electrons. The maximum absolute atomic E-state index is 12.8.